The highest BCUT2D eigenvalue weighted by Gasteiger charge is 2.38. The van der Waals surface area contributed by atoms with E-state index in [4.69, 9.17) is 0 Å². The molecule has 232 valence electrons. The summed E-state index contributed by atoms with van der Waals surface area (Å²) in [5.41, 5.74) is 15.5. The summed E-state index contributed by atoms with van der Waals surface area (Å²) in [6, 6.07) is 58.5. The second-order valence-electron chi connectivity index (χ2n) is 14.2. The summed E-state index contributed by atoms with van der Waals surface area (Å²) < 4.78 is 2.37. The van der Waals surface area contributed by atoms with Gasteiger partial charge < -0.3 is 4.57 Å². The third-order valence-electron chi connectivity index (χ3n) is 11.2. The van der Waals surface area contributed by atoms with Crippen molar-refractivity contribution in [2.24, 2.45) is 7.05 Å². The van der Waals surface area contributed by atoms with Crippen molar-refractivity contribution in [1.29, 1.82) is 0 Å². The molecule has 49 heavy (non-hydrogen) atoms. The van der Waals surface area contributed by atoms with Gasteiger partial charge >= 0.3 is 0 Å². The van der Waals surface area contributed by atoms with E-state index in [2.05, 4.69) is 183 Å². The van der Waals surface area contributed by atoms with Gasteiger partial charge in [-0.1, -0.05) is 147 Å². The Balaban J connectivity index is 1.12. The summed E-state index contributed by atoms with van der Waals surface area (Å²) in [6.45, 7) is 4.81. The van der Waals surface area contributed by atoms with Crippen LogP contribution in [0, 0.1) is 0 Å². The van der Waals surface area contributed by atoms with Gasteiger partial charge in [0.2, 0.25) is 0 Å². The fraction of sp³-hybridized carbons (Fsp3) is 0.0833. The molecule has 1 nitrogen and oxygen atoms in total. The lowest BCUT2D eigenvalue weighted by Crippen LogP contribution is -2.15. The first-order valence-electron chi connectivity index (χ1n) is 17.3. The molecule has 0 fully saturated rings. The fourth-order valence-corrected chi connectivity index (χ4v) is 8.86. The summed E-state index contributed by atoms with van der Waals surface area (Å²) in [4.78, 5) is 0. The van der Waals surface area contributed by atoms with Gasteiger partial charge in [0.05, 0.1) is 5.52 Å². The number of aromatic nitrogens is 1. The van der Waals surface area contributed by atoms with Crippen LogP contribution in [-0.4, -0.2) is 4.57 Å². The Morgan fingerprint density at radius 3 is 1.82 bits per heavy atom. The summed E-state index contributed by atoms with van der Waals surface area (Å²) in [6.07, 6.45) is 0. The topological polar surface area (TPSA) is 4.93 Å². The molecule has 0 radical (unpaired) electrons. The van der Waals surface area contributed by atoms with E-state index < -0.39 is 0 Å². The Hall–Kier alpha value is -5.92. The van der Waals surface area contributed by atoms with Crippen LogP contribution in [0.5, 0.6) is 0 Å². The SMILES string of the molecule is Cn1c2ccc(-c3ccccc3)cc2c2cccc(-c3cccc(-c4ccc5c(c4)C(C)(C)c4c-5c5ccccc5c5ccccc45)c3)c21. The predicted molar refractivity (Wildman–Crippen MR) is 209 cm³/mol. The molecule has 10 rings (SSSR count). The quantitative estimate of drug-likeness (QED) is 0.172. The van der Waals surface area contributed by atoms with E-state index in [0.717, 1.165) is 0 Å². The van der Waals surface area contributed by atoms with Crippen LogP contribution in [0.4, 0.5) is 0 Å². The second-order valence-corrected chi connectivity index (χ2v) is 14.2. The average Bonchev–Trinajstić information content (AvgIpc) is 3.58. The van der Waals surface area contributed by atoms with Crippen molar-refractivity contribution >= 4 is 43.4 Å². The molecule has 1 aliphatic rings. The van der Waals surface area contributed by atoms with Crippen LogP contribution >= 0.6 is 0 Å². The monoisotopic (exact) mass is 625 g/mol. The van der Waals surface area contributed by atoms with Gasteiger partial charge in [-0.25, -0.2) is 0 Å². The van der Waals surface area contributed by atoms with Crippen LogP contribution < -0.4 is 0 Å². The number of hydrogen-bond acceptors (Lipinski definition) is 0. The minimum atomic E-state index is -0.130. The smallest absolute Gasteiger partial charge is 0.0568 e. The zero-order valence-corrected chi connectivity index (χ0v) is 28.0. The van der Waals surface area contributed by atoms with E-state index in [0.29, 0.717) is 0 Å². The molecular weight excluding hydrogens is 591 g/mol. The summed E-state index contributed by atoms with van der Waals surface area (Å²) in [5, 5.41) is 7.95. The van der Waals surface area contributed by atoms with Crippen LogP contribution in [0.1, 0.15) is 25.0 Å². The molecule has 0 spiro atoms. The molecule has 1 heteroatoms. The molecule has 0 N–H and O–H groups in total. The van der Waals surface area contributed by atoms with E-state index in [9.17, 15) is 0 Å². The Bertz CT molecular complexity index is 2790. The molecule has 1 heterocycles. The molecule has 8 aromatic carbocycles. The van der Waals surface area contributed by atoms with Crippen molar-refractivity contribution in [3.8, 4) is 44.5 Å². The van der Waals surface area contributed by atoms with Gasteiger partial charge in [0, 0.05) is 34.3 Å². The van der Waals surface area contributed by atoms with E-state index >= 15 is 0 Å². The molecule has 1 aromatic heterocycles. The highest BCUT2D eigenvalue weighted by molar-refractivity contribution is 6.18. The van der Waals surface area contributed by atoms with Crippen molar-refractivity contribution in [3.63, 3.8) is 0 Å². The number of nitrogens with zero attached hydrogens (tertiary/aromatic N) is 1. The Labute approximate surface area is 286 Å². The standard InChI is InChI=1S/C48H35N/c1-48(2)43-29-33(23-25-41(43)45-38-19-9-7-17-36(38)37-18-8-10-20-39(37)46(45)48)31-15-11-16-34(27-31)35-21-12-22-40-42-28-32(30-13-5-4-6-14-30)24-26-44(42)49(3)47(35)40/h4-29H,1-3H3. The molecule has 1 aliphatic carbocycles. The lowest BCUT2D eigenvalue weighted by atomic mass is 9.78. The molecule has 9 aromatic rings. The fourth-order valence-electron chi connectivity index (χ4n) is 8.86. The second kappa shape index (κ2) is 10.3. The number of benzene rings is 8. The number of para-hydroxylation sites is 1. The highest BCUT2D eigenvalue weighted by atomic mass is 14.9. The Morgan fingerprint density at radius 1 is 0.408 bits per heavy atom. The minimum absolute atomic E-state index is 0.130. The van der Waals surface area contributed by atoms with Crippen molar-refractivity contribution in [2.45, 2.75) is 19.3 Å². The van der Waals surface area contributed by atoms with Crippen LogP contribution in [0.15, 0.2) is 158 Å². The maximum absolute atomic E-state index is 2.46. The molecule has 0 saturated heterocycles. The normalized spacial score (nSPS) is 13.4. The first-order chi connectivity index (χ1) is 24.0. The third-order valence-corrected chi connectivity index (χ3v) is 11.2. The number of aryl methyl sites for hydroxylation is 1. The van der Waals surface area contributed by atoms with E-state index in [1.807, 2.05) is 0 Å². The van der Waals surface area contributed by atoms with Crippen LogP contribution in [-0.2, 0) is 12.5 Å². The maximum atomic E-state index is 2.46. The maximum Gasteiger partial charge on any atom is 0.0568 e. The van der Waals surface area contributed by atoms with Gasteiger partial charge in [-0.3, -0.25) is 0 Å². The van der Waals surface area contributed by atoms with Gasteiger partial charge in [0.15, 0.2) is 0 Å². The first-order valence-corrected chi connectivity index (χ1v) is 17.3. The van der Waals surface area contributed by atoms with E-state index in [-0.39, 0.29) is 5.41 Å². The highest BCUT2D eigenvalue weighted by Crippen LogP contribution is 2.55. The molecular formula is C48H35N. The van der Waals surface area contributed by atoms with Crippen molar-refractivity contribution < 1.29 is 0 Å². The zero-order chi connectivity index (χ0) is 32.9. The van der Waals surface area contributed by atoms with Crippen molar-refractivity contribution in [2.75, 3.05) is 0 Å². The Kier molecular flexibility index (Phi) is 5.91. The average molecular weight is 626 g/mol. The summed E-state index contributed by atoms with van der Waals surface area (Å²) in [7, 11) is 2.20. The van der Waals surface area contributed by atoms with Crippen molar-refractivity contribution in [3.05, 3.63) is 169 Å². The van der Waals surface area contributed by atoms with E-state index in [1.54, 1.807) is 0 Å². The molecule has 0 unspecified atom stereocenters. The predicted octanol–water partition coefficient (Wildman–Crippen LogP) is 12.9. The van der Waals surface area contributed by atoms with E-state index in [1.165, 1.54) is 99.0 Å². The molecule has 0 atom stereocenters. The van der Waals surface area contributed by atoms with Gasteiger partial charge in [-0.2, -0.15) is 0 Å². The molecule has 0 aliphatic heterocycles. The van der Waals surface area contributed by atoms with Gasteiger partial charge in [0.25, 0.3) is 0 Å². The zero-order valence-electron chi connectivity index (χ0n) is 28.0. The lowest BCUT2D eigenvalue weighted by Gasteiger charge is -2.24. The number of hydrogen-bond donors (Lipinski definition) is 0. The largest absolute Gasteiger partial charge is 0.343 e. The first kappa shape index (κ1) is 28.1. The van der Waals surface area contributed by atoms with Crippen LogP contribution in [0.2, 0.25) is 0 Å². The minimum Gasteiger partial charge on any atom is -0.343 e. The summed E-state index contributed by atoms with van der Waals surface area (Å²) >= 11 is 0. The van der Waals surface area contributed by atoms with Gasteiger partial charge in [0.1, 0.15) is 0 Å². The van der Waals surface area contributed by atoms with Crippen molar-refractivity contribution in [1.82, 2.24) is 4.57 Å². The number of fused-ring (bicyclic) bond motifs is 11. The number of rotatable bonds is 3. The van der Waals surface area contributed by atoms with Gasteiger partial charge in [-0.05, 0) is 95.9 Å². The third kappa shape index (κ3) is 3.99. The molecule has 0 bridgehead atoms. The molecule has 0 amide bonds. The Morgan fingerprint density at radius 2 is 1.00 bits per heavy atom. The van der Waals surface area contributed by atoms with Gasteiger partial charge in [-0.15, -0.1) is 0 Å². The van der Waals surface area contributed by atoms with Crippen LogP contribution in [0.25, 0.3) is 87.9 Å². The lowest BCUT2D eigenvalue weighted by molar-refractivity contribution is 0.667. The van der Waals surface area contributed by atoms with Crippen LogP contribution in [0.3, 0.4) is 0 Å². The molecule has 0 saturated carbocycles. The summed E-state index contributed by atoms with van der Waals surface area (Å²) in [5.74, 6) is 0.